The fourth-order valence-electron chi connectivity index (χ4n) is 1.61. The maximum atomic E-state index is 12.2. The van der Waals surface area contributed by atoms with Crippen molar-refractivity contribution >= 4 is 5.91 Å². The molecule has 1 amide bonds. The maximum absolute atomic E-state index is 12.2. The van der Waals surface area contributed by atoms with Crippen molar-refractivity contribution in [1.82, 2.24) is 5.32 Å². The number of rotatable bonds is 3. The molecule has 1 rings (SSSR count). The number of carbonyl (C=O) groups is 1. The van der Waals surface area contributed by atoms with Crippen LogP contribution in [0.15, 0.2) is 18.2 Å². The largest absolute Gasteiger partial charge is 0.395 e. The molecule has 20 heavy (non-hydrogen) atoms. The van der Waals surface area contributed by atoms with Crippen molar-refractivity contribution in [3.63, 3.8) is 0 Å². The van der Waals surface area contributed by atoms with Gasteiger partial charge in [0.25, 0.3) is 5.91 Å². The molecule has 0 aliphatic carbocycles. The van der Waals surface area contributed by atoms with Crippen LogP contribution in [0.3, 0.4) is 0 Å². The van der Waals surface area contributed by atoms with Gasteiger partial charge in [0.2, 0.25) is 0 Å². The number of amides is 1. The zero-order valence-corrected chi connectivity index (χ0v) is 12.7. The number of aliphatic hydroxyl groups excluding tert-OH is 1. The molecule has 0 aromatic heterocycles. The van der Waals surface area contributed by atoms with Crippen LogP contribution < -0.4 is 5.32 Å². The van der Waals surface area contributed by atoms with Gasteiger partial charge in [-0.3, -0.25) is 4.79 Å². The normalized spacial score (nSPS) is 10.7. The van der Waals surface area contributed by atoms with Gasteiger partial charge in [0.1, 0.15) is 0 Å². The summed E-state index contributed by atoms with van der Waals surface area (Å²) < 4.78 is 0. The lowest BCUT2D eigenvalue weighted by Crippen LogP contribution is -2.32. The molecule has 1 aromatic rings. The summed E-state index contributed by atoms with van der Waals surface area (Å²) in [6.07, 6.45) is 0.444. The van der Waals surface area contributed by atoms with E-state index < -0.39 is 0 Å². The van der Waals surface area contributed by atoms with Gasteiger partial charge in [-0.1, -0.05) is 38.7 Å². The highest BCUT2D eigenvalue weighted by atomic mass is 16.2. The first-order valence-electron chi connectivity index (χ1n) is 6.82. The SMILES string of the molecule is Cc1ccc(C#CCCO)cc1C(=O)NCC(C)(C)C. The molecule has 0 radical (unpaired) electrons. The smallest absolute Gasteiger partial charge is 0.251 e. The minimum Gasteiger partial charge on any atom is -0.395 e. The van der Waals surface area contributed by atoms with E-state index in [-0.39, 0.29) is 17.9 Å². The molecule has 0 unspecified atom stereocenters. The molecule has 3 nitrogen and oxygen atoms in total. The third-order valence-corrected chi connectivity index (χ3v) is 2.73. The van der Waals surface area contributed by atoms with Gasteiger partial charge >= 0.3 is 0 Å². The third kappa shape index (κ3) is 5.46. The fraction of sp³-hybridized carbons (Fsp3) is 0.471. The second-order valence-corrected chi connectivity index (χ2v) is 6.05. The monoisotopic (exact) mass is 273 g/mol. The molecule has 0 heterocycles. The third-order valence-electron chi connectivity index (χ3n) is 2.73. The summed E-state index contributed by atoms with van der Waals surface area (Å²) in [5.41, 5.74) is 2.45. The Morgan fingerprint density at radius 2 is 2.05 bits per heavy atom. The Labute approximate surface area is 121 Å². The van der Waals surface area contributed by atoms with Gasteiger partial charge in [0.15, 0.2) is 0 Å². The average Bonchev–Trinajstić information content (AvgIpc) is 2.37. The average molecular weight is 273 g/mol. The topological polar surface area (TPSA) is 49.3 Å². The van der Waals surface area contributed by atoms with E-state index in [0.29, 0.717) is 18.5 Å². The first kappa shape index (κ1) is 16.3. The van der Waals surface area contributed by atoms with E-state index in [1.54, 1.807) is 6.07 Å². The van der Waals surface area contributed by atoms with E-state index in [2.05, 4.69) is 37.9 Å². The van der Waals surface area contributed by atoms with Crippen LogP contribution in [0.25, 0.3) is 0 Å². The summed E-state index contributed by atoms with van der Waals surface area (Å²) in [5.74, 6) is 5.75. The predicted molar refractivity (Wildman–Crippen MR) is 81.5 cm³/mol. The molecule has 3 heteroatoms. The molecule has 0 aliphatic heterocycles. The molecule has 108 valence electrons. The highest BCUT2D eigenvalue weighted by molar-refractivity contribution is 5.96. The van der Waals surface area contributed by atoms with Gasteiger partial charge in [-0.25, -0.2) is 0 Å². The lowest BCUT2D eigenvalue weighted by Gasteiger charge is -2.19. The standard InChI is InChI=1S/C17H23NO2/c1-13-8-9-14(7-5-6-10-19)11-15(13)16(20)18-12-17(2,3)4/h8-9,11,19H,6,10,12H2,1-4H3,(H,18,20). The van der Waals surface area contributed by atoms with Crippen LogP contribution in [0.2, 0.25) is 0 Å². The summed E-state index contributed by atoms with van der Waals surface area (Å²) in [5, 5.41) is 11.7. The summed E-state index contributed by atoms with van der Waals surface area (Å²) in [6.45, 7) is 8.84. The first-order chi connectivity index (χ1) is 9.33. The fourth-order valence-corrected chi connectivity index (χ4v) is 1.61. The minimum atomic E-state index is -0.0665. The van der Waals surface area contributed by atoms with E-state index in [1.165, 1.54) is 0 Å². The van der Waals surface area contributed by atoms with E-state index in [1.807, 2.05) is 19.1 Å². The van der Waals surface area contributed by atoms with Gasteiger partial charge in [0, 0.05) is 24.1 Å². The lowest BCUT2D eigenvalue weighted by atomic mass is 9.96. The number of aryl methyl sites for hydroxylation is 1. The van der Waals surface area contributed by atoms with Gasteiger partial charge in [-0.2, -0.15) is 0 Å². The highest BCUT2D eigenvalue weighted by Gasteiger charge is 2.14. The number of carbonyl (C=O) groups excluding carboxylic acids is 1. The Hall–Kier alpha value is -1.79. The maximum Gasteiger partial charge on any atom is 0.251 e. The van der Waals surface area contributed by atoms with Crippen molar-refractivity contribution in [2.75, 3.05) is 13.2 Å². The van der Waals surface area contributed by atoms with Crippen LogP contribution in [0, 0.1) is 24.2 Å². The van der Waals surface area contributed by atoms with Crippen LogP contribution >= 0.6 is 0 Å². The van der Waals surface area contributed by atoms with Crippen LogP contribution in [-0.2, 0) is 0 Å². The van der Waals surface area contributed by atoms with E-state index >= 15 is 0 Å². The van der Waals surface area contributed by atoms with Crippen molar-refractivity contribution in [2.45, 2.75) is 34.1 Å². The molecule has 0 saturated carbocycles. The molecule has 0 saturated heterocycles. The Morgan fingerprint density at radius 3 is 2.65 bits per heavy atom. The molecule has 0 aliphatic rings. The second-order valence-electron chi connectivity index (χ2n) is 6.05. The Morgan fingerprint density at radius 1 is 1.35 bits per heavy atom. The molecule has 0 spiro atoms. The molecular weight excluding hydrogens is 250 g/mol. The number of nitrogens with one attached hydrogen (secondary N) is 1. The van der Waals surface area contributed by atoms with E-state index in [4.69, 9.17) is 5.11 Å². The number of hydrogen-bond acceptors (Lipinski definition) is 2. The molecule has 2 N–H and O–H groups in total. The van der Waals surface area contributed by atoms with Gasteiger partial charge in [0.05, 0.1) is 6.61 Å². The van der Waals surface area contributed by atoms with Crippen LogP contribution in [0.4, 0.5) is 0 Å². The van der Waals surface area contributed by atoms with Crippen molar-refractivity contribution in [2.24, 2.45) is 5.41 Å². The molecular formula is C17H23NO2. The zero-order valence-electron chi connectivity index (χ0n) is 12.7. The Bertz CT molecular complexity index is 530. The Balaban J connectivity index is 2.86. The lowest BCUT2D eigenvalue weighted by molar-refractivity contribution is 0.0938. The van der Waals surface area contributed by atoms with Gasteiger partial charge in [-0.05, 0) is 30.0 Å². The zero-order chi connectivity index (χ0) is 15.2. The first-order valence-corrected chi connectivity index (χ1v) is 6.82. The van der Waals surface area contributed by atoms with Gasteiger partial charge < -0.3 is 10.4 Å². The quantitative estimate of drug-likeness (QED) is 0.831. The molecule has 0 bridgehead atoms. The van der Waals surface area contributed by atoms with Crippen molar-refractivity contribution in [3.05, 3.63) is 34.9 Å². The molecule has 0 atom stereocenters. The summed E-state index contributed by atoms with van der Waals surface area (Å²) in [6, 6.07) is 5.59. The summed E-state index contributed by atoms with van der Waals surface area (Å²) in [7, 11) is 0. The highest BCUT2D eigenvalue weighted by Crippen LogP contribution is 2.13. The van der Waals surface area contributed by atoms with Crippen molar-refractivity contribution < 1.29 is 9.90 Å². The minimum absolute atomic E-state index is 0.0534. The summed E-state index contributed by atoms with van der Waals surface area (Å²) in [4.78, 5) is 12.2. The predicted octanol–water partition coefficient (Wildman–Crippen LogP) is 2.50. The van der Waals surface area contributed by atoms with E-state index in [9.17, 15) is 4.79 Å². The number of aliphatic hydroxyl groups is 1. The van der Waals surface area contributed by atoms with Crippen molar-refractivity contribution in [3.8, 4) is 11.8 Å². The molecule has 1 aromatic carbocycles. The number of benzene rings is 1. The van der Waals surface area contributed by atoms with Crippen molar-refractivity contribution in [1.29, 1.82) is 0 Å². The van der Waals surface area contributed by atoms with Crippen LogP contribution in [0.5, 0.6) is 0 Å². The van der Waals surface area contributed by atoms with Crippen LogP contribution in [-0.4, -0.2) is 24.2 Å². The number of hydrogen-bond donors (Lipinski definition) is 2. The summed E-state index contributed by atoms with van der Waals surface area (Å²) >= 11 is 0. The molecule has 0 fully saturated rings. The van der Waals surface area contributed by atoms with E-state index in [0.717, 1.165) is 11.1 Å². The second kappa shape index (κ2) is 7.12. The Kier molecular flexibility index (Phi) is 5.79. The van der Waals surface area contributed by atoms with Crippen LogP contribution in [0.1, 0.15) is 48.7 Å². The van der Waals surface area contributed by atoms with Gasteiger partial charge in [-0.15, -0.1) is 0 Å².